The number of rotatable bonds is 4. The summed E-state index contributed by atoms with van der Waals surface area (Å²) in [7, 11) is -3.63. The van der Waals surface area contributed by atoms with Crippen molar-refractivity contribution in [2.45, 2.75) is 31.1 Å². The van der Waals surface area contributed by atoms with Crippen LogP contribution in [0.5, 0.6) is 0 Å². The summed E-state index contributed by atoms with van der Waals surface area (Å²) < 4.78 is 23.4. The predicted octanol–water partition coefficient (Wildman–Crippen LogP) is 2.06. The van der Waals surface area contributed by atoms with E-state index in [4.69, 9.17) is 5.11 Å². The van der Waals surface area contributed by atoms with E-state index < -0.39 is 21.7 Å². The third-order valence-corrected chi connectivity index (χ3v) is 4.55. The Kier molecular flexibility index (Phi) is 4.72. The topological polar surface area (TPSA) is 129 Å². The molecule has 0 atom stereocenters. The van der Waals surface area contributed by atoms with Gasteiger partial charge in [-0.05, 0) is 24.3 Å². The number of sulfone groups is 1. The summed E-state index contributed by atoms with van der Waals surface area (Å²) in [5.74, 6) is -1.87. The van der Waals surface area contributed by atoms with E-state index in [9.17, 15) is 18.0 Å². The Labute approximate surface area is 145 Å². The Bertz CT molecular complexity index is 939. The zero-order valence-electron chi connectivity index (χ0n) is 14.2. The molecule has 0 saturated carbocycles. The van der Waals surface area contributed by atoms with Crippen molar-refractivity contribution in [3.63, 3.8) is 0 Å². The van der Waals surface area contributed by atoms with Gasteiger partial charge in [0.05, 0.1) is 10.5 Å². The average Bonchev–Trinajstić information content (AvgIpc) is 2.95. The standard InChI is InChI=1S/C16H19N3O5S/c1-16(2,3)13-8-12(18-19-13)14(20)17-10-5-9(15(21)22)6-11(7-10)25(4,23)24/h5-8H,1-4H3,(H,17,20)(H,18,19)(H,21,22). The lowest BCUT2D eigenvalue weighted by atomic mass is 9.92. The van der Waals surface area contributed by atoms with Gasteiger partial charge in [0.25, 0.3) is 5.91 Å². The van der Waals surface area contributed by atoms with Gasteiger partial charge in [0.1, 0.15) is 0 Å². The van der Waals surface area contributed by atoms with Crippen LogP contribution in [-0.2, 0) is 15.3 Å². The van der Waals surface area contributed by atoms with Crippen molar-refractivity contribution in [2.75, 3.05) is 11.6 Å². The third-order valence-electron chi connectivity index (χ3n) is 3.46. The number of benzene rings is 1. The normalized spacial score (nSPS) is 12.0. The highest BCUT2D eigenvalue weighted by molar-refractivity contribution is 7.90. The first-order valence-corrected chi connectivity index (χ1v) is 9.23. The van der Waals surface area contributed by atoms with Gasteiger partial charge in [-0.1, -0.05) is 20.8 Å². The van der Waals surface area contributed by atoms with E-state index >= 15 is 0 Å². The van der Waals surface area contributed by atoms with Gasteiger partial charge in [-0.2, -0.15) is 5.10 Å². The fourth-order valence-electron chi connectivity index (χ4n) is 2.03. The number of nitrogens with one attached hydrogen (secondary N) is 2. The van der Waals surface area contributed by atoms with Crippen LogP contribution in [-0.4, -0.2) is 41.9 Å². The second-order valence-corrected chi connectivity index (χ2v) is 8.71. The maximum absolute atomic E-state index is 12.3. The molecule has 1 amide bonds. The highest BCUT2D eigenvalue weighted by Gasteiger charge is 2.20. The monoisotopic (exact) mass is 365 g/mol. The first-order valence-electron chi connectivity index (χ1n) is 7.33. The van der Waals surface area contributed by atoms with Crippen molar-refractivity contribution in [3.05, 3.63) is 41.2 Å². The van der Waals surface area contributed by atoms with Crippen LogP contribution in [0.15, 0.2) is 29.2 Å². The first kappa shape index (κ1) is 18.7. The molecular formula is C16H19N3O5S. The Hall–Kier alpha value is -2.68. The first-order chi connectivity index (χ1) is 11.4. The molecular weight excluding hydrogens is 346 g/mol. The van der Waals surface area contributed by atoms with Crippen molar-refractivity contribution < 1.29 is 23.1 Å². The van der Waals surface area contributed by atoms with E-state index in [0.29, 0.717) is 0 Å². The molecule has 0 radical (unpaired) electrons. The molecule has 1 aromatic heterocycles. The summed E-state index contributed by atoms with van der Waals surface area (Å²) >= 11 is 0. The molecule has 0 fully saturated rings. The van der Waals surface area contributed by atoms with Crippen molar-refractivity contribution in [1.29, 1.82) is 0 Å². The van der Waals surface area contributed by atoms with Gasteiger partial charge in [-0.25, -0.2) is 13.2 Å². The number of hydrogen-bond donors (Lipinski definition) is 3. The lowest BCUT2D eigenvalue weighted by Crippen LogP contribution is -2.14. The Morgan fingerprint density at radius 2 is 1.80 bits per heavy atom. The van der Waals surface area contributed by atoms with Gasteiger partial charge in [0.15, 0.2) is 15.5 Å². The largest absolute Gasteiger partial charge is 0.478 e. The molecule has 3 N–H and O–H groups in total. The van der Waals surface area contributed by atoms with Crippen LogP contribution in [0, 0.1) is 0 Å². The molecule has 9 heteroatoms. The van der Waals surface area contributed by atoms with Gasteiger partial charge in [0, 0.05) is 23.1 Å². The summed E-state index contributed by atoms with van der Waals surface area (Å²) in [5, 5.41) is 18.3. The van der Waals surface area contributed by atoms with Crippen LogP contribution in [0.2, 0.25) is 0 Å². The summed E-state index contributed by atoms with van der Waals surface area (Å²) in [5.41, 5.74) is 0.472. The summed E-state index contributed by atoms with van der Waals surface area (Å²) in [4.78, 5) is 23.3. The molecule has 0 unspecified atom stereocenters. The number of carboxylic acid groups (broad SMARTS) is 1. The highest BCUT2D eigenvalue weighted by atomic mass is 32.2. The molecule has 1 heterocycles. The predicted molar refractivity (Wildman–Crippen MR) is 91.8 cm³/mol. The molecule has 0 saturated heterocycles. The average molecular weight is 365 g/mol. The van der Waals surface area contributed by atoms with Gasteiger partial charge in [0.2, 0.25) is 0 Å². The molecule has 2 aromatic rings. The number of nitrogens with zero attached hydrogens (tertiary/aromatic N) is 1. The van der Waals surface area contributed by atoms with Gasteiger partial charge in [-0.15, -0.1) is 0 Å². The van der Waals surface area contributed by atoms with E-state index in [1.807, 2.05) is 20.8 Å². The minimum absolute atomic E-state index is 0.0608. The molecule has 0 spiro atoms. The van der Waals surface area contributed by atoms with Crippen molar-refractivity contribution in [2.24, 2.45) is 0 Å². The summed E-state index contributed by atoms with van der Waals surface area (Å²) in [6.07, 6.45) is 0.961. The molecule has 134 valence electrons. The maximum Gasteiger partial charge on any atom is 0.335 e. The van der Waals surface area contributed by atoms with Crippen LogP contribution in [0.1, 0.15) is 47.3 Å². The molecule has 0 aliphatic heterocycles. The van der Waals surface area contributed by atoms with E-state index in [1.54, 1.807) is 6.07 Å². The number of carbonyl (C=O) groups is 2. The SMILES string of the molecule is CC(C)(C)c1cc(C(=O)Nc2cc(C(=O)O)cc(S(C)(=O)=O)c2)n[nH]1. The van der Waals surface area contributed by atoms with Crippen LogP contribution in [0.4, 0.5) is 5.69 Å². The quantitative estimate of drug-likeness (QED) is 0.760. The number of aromatic amines is 1. The fourth-order valence-corrected chi connectivity index (χ4v) is 2.71. The van der Waals surface area contributed by atoms with Crippen molar-refractivity contribution in [1.82, 2.24) is 10.2 Å². The van der Waals surface area contributed by atoms with Crippen LogP contribution in [0.25, 0.3) is 0 Å². The lowest BCUT2D eigenvalue weighted by molar-refractivity contribution is 0.0696. The smallest absolute Gasteiger partial charge is 0.335 e. The molecule has 0 bridgehead atoms. The second kappa shape index (κ2) is 6.32. The third kappa shape index (κ3) is 4.44. The number of H-pyrrole nitrogens is 1. The van der Waals surface area contributed by atoms with E-state index in [0.717, 1.165) is 18.0 Å². The molecule has 0 aliphatic carbocycles. The number of amides is 1. The van der Waals surface area contributed by atoms with Gasteiger partial charge < -0.3 is 10.4 Å². The van der Waals surface area contributed by atoms with Crippen molar-refractivity contribution in [3.8, 4) is 0 Å². The van der Waals surface area contributed by atoms with E-state index in [1.165, 1.54) is 12.1 Å². The molecule has 8 nitrogen and oxygen atoms in total. The van der Waals surface area contributed by atoms with Crippen LogP contribution < -0.4 is 5.32 Å². The van der Waals surface area contributed by atoms with Gasteiger partial charge >= 0.3 is 5.97 Å². The number of carbonyl (C=O) groups excluding carboxylic acids is 1. The number of hydrogen-bond acceptors (Lipinski definition) is 5. The minimum atomic E-state index is -3.63. The van der Waals surface area contributed by atoms with Gasteiger partial charge in [-0.3, -0.25) is 9.89 Å². The van der Waals surface area contributed by atoms with E-state index in [2.05, 4.69) is 15.5 Å². The number of carboxylic acids is 1. The van der Waals surface area contributed by atoms with Crippen LogP contribution >= 0.6 is 0 Å². The second-order valence-electron chi connectivity index (χ2n) is 6.69. The van der Waals surface area contributed by atoms with E-state index in [-0.39, 0.29) is 27.3 Å². The van der Waals surface area contributed by atoms with Crippen LogP contribution in [0.3, 0.4) is 0 Å². The molecule has 0 aliphatic rings. The maximum atomic E-state index is 12.3. The highest BCUT2D eigenvalue weighted by Crippen LogP contribution is 2.22. The Balaban J connectivity index is 2.36. The van der Waals surface area contributed by atoms with Crippen molar-refractivity contribution >= 4 is 27.4 Å². The zero-order chi connectivity index (χ0) is 19.0. The molecule has 1 aromatic carbocycles. The lowest BCUT2D eigenvalue weighted by Gasteiger charge is -2.14. The summed E-state index contributed by atoms with van der Waals surface area (Å²) in [6, 6.07) is 5.02. The Morgan fingerprint density at radius 3 is 2.28 bits per heavy atom. The molecule has 25 heavy (non-hydrogen) atoms. The summed E-state index contributed by atoms with van der Waals surface area (Å²) in [6.45, 7) is 5.87. The zero-order valence-corrected chi connectivity index (χ0v) is 15.1. The number of aromatic carboxylic acids is 1. The molecule has 2 rings (SSSR count). The fraction of sp³-hybridized carbons (Fsp3) is 0.312. The minimum Gasteiger partial charge on any atom is -0.478 e. The number of aromatic nitrogens is 2. The Morgan fingerprint density at radius 1 is 1.16 bits per heavy atom. The number of anilines is 1.